The maximum Gasteiger partial charge on any atom is 0.240 e. The molecule has 0 aliphatic heterocycles. The third-order valence-corrected chi connectivity index (χ3v) is 2.52. The summed E-state index contributed by atoms with van der Waals surface area (Å²) in [5.41, 5.74) is -0.606. The van der Waals surface area contributed by atoms with Crippen LogP contribution in [-0.2, 0) is 4.79 Å². The van der Waals surface area contributed by atoms with E-state index in [1.54, 1.807) is 0 Å². The number of hydrogen-bond acceptors (Lipinski definition) is 2. The van der Waals surface area contributed by atoms with Crippen molar-refractivity contribution in [1.82, 2.24) is 10.6 Å². The Morgan fingerprint density at radius 3 is 2.00 bits per heavy atom. The SMILES string of the molecule is CCNC(C)(C)C(=O)NC(C)(C)CC. The standard InChI is InChI=1S/C11H24N2O/c1-7-10(3,4)13-9(14)11(5,6)12-8-2/h12H,7-8H2,1-6H3,(H,13,14). The van der Waals surface area contributed by atoms with Crippen LogP contribution in [0.25, 0.3) is 0 Å². The van der Waals surface area contributed by atoms with Gasteiger partial charge >= 0.3 is 0 Å². The molecule has 0 fully saturated rings. The lowest BCUT2D eigenvalue weighted by Crippen LogP contribution is -2.57. The Morgan fingerprint density at radius 2 is 1.64 bits per heavy atom. The van der Waals surface area contributed by atoms with E-state index < -0.39 is 5.54 Å². The summed E-state index contributed by atoms with van der Waals surface area (Å²) in [7, 11) is 0. The van der Waals surface area contributed by atoms with Gasteiger partial charge in [-0.25, -0.2) is 0 Å². The first-order valence-electron chi connectivity index (χ1n) is 5.33. The molecule has 0 saturated carbocycles. The predicted octanol–water partition coefficient (Wildman–Crippen LogP) is 1.68. The Morgan fingerprint density at radius 1 is 1.14 bits per heavy atom. The highest BCUT2D eigenvalue weighted by Gasteiger charge is 2.29. The number of carbonyl (C=O) groups is 1. The monoisotopic (exact) mass is 200 g/mol. The van der Waals surface area contributed by atoms with Gasteiger partial charge in [0, 0.05) is 5.54 Å². The lowest BCUT2D eigenvalue weighted by molar-refractivity contribution is -0.128. The van der Waals surface area contributed by atoms with E-state index in [0.29, 0.717) is 0 Å². The fraction of sp³-hybridized carbons (Fsp3) is 0.909. The summed E-state index contributed by atoms with van der Waals surface area (Å²) in [5, 5.41) is 6.19. The highest BCUT2D eigenvalue weighted by molar-refractivity contribution is 5.85. The molecular weight excluding hydrogens is 176 g/mol. The Labute approximate surface area is 87.6 Å². The van der Waals surface area contributed by atoms with E-state index >= 15 is 0 Å². The van der Waals surface area contributed by atoms with Gasteiger partial charge in [-0.3, -0.25) is 4.79 Å². The molecule has 2 N–H and O–H groups in total. The minimum atomic E-state index is -0.485. The molecule has 84 valence electrons. The maximum atomic E-state index is 11.9. The molecule has 14 heavy (non-hydrogen) atoms. The van der Waals surface area contributed by atoms with Gasteiger partial charge in [0.15, 0.2) is 0 Å². The van der Waals surface area contributed by atoms with E-state index in [2.05, 4.69) is 17.6 Å². The summed E-state index contributed by atoms with van der Waals surface area (Å²) in [6.07, 6.45) is 0.931. The van der Waals surface area contributed by atoms with Crippen molar-refractivity contribution in [3.8, 4) is 0 Å². The normalized spacial score (nSPS) is 12.7. The van der Waals surface area contributed by atoms with Gasteiger partial charge in [0.1, 0.15) is 0 Å². The van der Waals surface area contributed by atoms with Gasteiger partial charge in [-0.15, -0.1) is 0 Å². The summed E-state index contributed by atoms with van der Waals surface area (Å²) in [6.45, 7) is 12.7. The summed E-state index contributed by atoms with van der Waals surface area (Å²) < 4.78 is 0. The van der Waals surface area contributed by atoms with E-state index in [1.165, 1.54) is 0 Å². The van der Waals surface area contributed by atoms with Gasteiger partial charge in [-0.2, -0.15) is 0 Å². The van der Waals surface area contributed by atoms with Crippen LogP contribution in [0.2, 0.25) is 0 Å². The molecule has 0 atom stereocenters. The van der Waals surface area contributed by atoms with E-state index in [-0.39, 0.29) is 11.4 Å². The first kappa shape index (κ1) is 13.4. The molecule has 1 amide bonds. The van der Waals surface area contributed by atoms with Gasteiger partial charge in [0.05, 0.1) is 5.54 Å². The molecule has 0 aliphatic carbocycles. The average molecular weight is 200 g/mol. The van der Waals surface area contributed by atoms with E-state index in [0.717, 1.165) is 13.0 Å². The van der Waals surface area contributed by atoms with Crippen molar-refractivity contribution < 1.29 is 4.79 Å². The molecule has 0 unspecified atom stereocenters. The van der Waals surface area contributed by atoms with E-state index in [4.69, 9.17) is 0 Å². The summed E-state index contributed by atoms with van der Waals surface area (Å²) in [4.78, 5) is 11.9. The number of carbonyl (C=O) groups excluding carboxylic acids is 1. The molecule has 0 saturated heterocycles. The maximum absolute atomic E-state index is 11.9. The largest absolute Gasteiger partial charge is 0.350 e. The zero-order valence-corrected chi connectivity index (χ0v) is 10.3. The van der Waals surface area contributed by atoms with Crippen LogP contribution in [0.1, 0.15) is 48.0 Å². The second-order valence-corrected chi connectivity index (χ2v) is 4.85. The van der Waals surface area contributed by atoms with Crippen molar-refractivity contribution in [3.63, 3.8) is 0 Å². The van der Waals surface area contributed by atoms with Gasteiger partial charge < -0.3 is 10.6 Å². The third-order valence-electron chi connectivity index (χ3n) is 2.52. The Balaban J connectivity index is 4.34. The minimum absolute atomic E-state index is 0.0613. The fourth-order valence-corrected chi connectivity index (χ4v) is 1.07. The molecule has 0 aromatic heterocycles. The Kier molecular flexibility index (Phi) is 4.59. The zero-order valence-electron chi connectivity index (χ0n) is 10.3. The van der Waals surface area contributed by atoms with Crippen LogP contribution in [0.5, 0.6) is 0 Å². The quantitative estimate of drug-likeness (QED) is 0.709. The van der Waals surface area contributed by atoms with Gasteiger partial charge in [-0.1, -0.05) is 13.8 Å². The molecule has 0 radical (unpaired) electrons. The second kappa shape index (κ2) is 4.78. The number of likely N-dealkylation sites (N-methyl/N-ethyl adjacent to an activating group) is 1. The molecule has 0 heterocycles. The van der Waals surface area contributed by atoms with Crippen LogP contribution in [0.4, 0.5) is 0 Å². The van der Waals surface area contributed by atoms with Crippen LogP contribution in [-0.4, -0.2) is 23.5 Å². The molecule has 3 heteroatoms. The molecule has 3 nitrogen and oxygen atoms in total. The Bertz CT molecular complexity index is 197. The number of hydrogen-bond donors (Lipinski definition) is 2. The highest BCUT2D eigenvalue weighted by Crippen LogP contribution is 2.10. The van der Waals surface area contributed by atoms with Crippen molar-refractivity contribution >= 4 is 5.91 Å². The van der Waals surface area contributed by atoms with E-state index in [1.807, 2.05) is 34.6 Å². The molecule has 0 spiro atoms. The van der Waals surface area contributed by atoms with Crippen molar-refractivity contribution in [3.05, 3.63) is 0 Å². The van der Waals surface area contributed by atoms with Crippen LogP contribution in [0, 0.1) is 0 Å². The minimum Gasteiger partial charge on any atom is -0.350 e. The smallest absolute Gasteiger partial charge is 0.240 e. The number of amides is 1. The van der Waals surface area contributed by atoms with Crippen LogP contribution in [0.15, 0.2) is 0 Å². The van der Waals surface area contributed by atoms with Crippen LogP contribution < -0.4 is 10.6 Å². The highest BCUT2D eigenvalue weighted by atomic mass is 16.2. The second-order valence-electron chi connectivity index (χ2n) is 4.85. The molecule has 0 rings (SSSR count). The zero-order chi connectivity index (χ0) is 11.4. The first-order valence-corrected chi connectivity index (χ1v) is 5.33. The van der Waals surface area contributed by atoms with Gasteiger partial charge in [0.25, 0.3) is 0 Å². The molecular formula is C11H24N2O. The lowest BCUT2D eigenvalue weighted by atomic mass is 9.98. The summed E-state index contributed by atoms with van der Waals surface area (Å²) in [5.74, 6) is 0.0613. The van der Waals surface area contributed by atoms with Crippen LogP contribution >= 0.6 is 0 Å². The summed E-state index contributed by atoms with van der Waals surface area (Å²) in [6, 6.07) is 0. The van der Waals surface area contributed by atoms with Crippen molar-refractivity contribution in [2.24, 2.45) is 0 Å². The van der Waals surface area contributed by atoms with Crippen molar-refractivity contribution in [2.45, 2.75) is 59.0 Å². The van der Waals surface area contributed by atoms with Gasteiger partial charge in [0.2, 0.25) is 5.91 Å². The lowest BCUT2D eigenvalue weighted by Gasteiger charge is -2.31. The molecule has 0 bridgehead atoms. The molecule has 0 aromatic rings. The molecule has 0 aromatic carbocycles. The van der Waals surface area contributed by atoms with Crippen molar-refractivity contribution in [2.75, 3.05) is 6.54 Å². The Hall–Kier alpha value is -0.570. The molecule has 0 aliphatic rings. The van der Waals surface area contributed by atoms with Crippen LogP contribution in [0.3, 0.4) is 0 Å². The third kappa shape index (κ3) is 4.09. The average Bonchev–Trinajstić information content (AvgIpc) is 2.03. The topological polar surface area (TPSA) is 41.1 Å². The number of nitrogens with one attached hydrogen (secondary N) is 2. The van der Waals surface area contributed by atoms with Gasteiger partial charge in [-0.05, 0) is 40.7 Å². The van der Waals surface area contributed by atoms with Crippen molar-refractivity contribution in [1.29, 1.82) is 0 Å². The summed E-state index contributed by atoms with van der Waals surface area (Å²) >= 11 is 0. The first-order chi connectivity index (χ1) is 6.25. The predicted molar refractivity (Wildman–Crippen MR) is 60.3 cm³/mol. The fourth-order valence-electron chi connectivity index (χ4n) is 1.07. The number of rotatable bonds is 5. The van der Waals surface area contributed by atoms with E-state index in [9.17, 15) is 4.79 Å².